The van der Waals surface area contributed by atoms with E-state index in [1.165, 1.54) is 24.0 Å². The van der Waals surface area contributed by atoms with Crippen LogP contribution in [0.2, 0.25) is 0 Å². The molecule has 0 aliphatic rings. The van der Waals surface area contributed by atoms with Gasteiger partial charge in [0.15, 0.2) is 0 Å². The zero-order valence-electron chi connectivity index (χ0n) is 8.60. The average Bonchev–Trinajstić information content (AvgIpc) is 2.14. The van der Waals surface area contributed by atoms with Crippen molar-refractivity contribution >= 4 is 17.7 Å². The van der Waals surface area contributed by atoms with E-state index in [9.17, 15) is 9.90 Å². The second-order valence-electron chi connectivity index (χ2n) is 3.78. The molecule has 1 rings (SSSR count). The monoisotopic (exact) mass is 227 g/mol. The Hall–Kier alpha value is -1.07. The Morgan fingerprint density at radius 2 is 2.27 bits per heavy atom. The molecule has 4 nitrogen and oxygen atoms in total. The molecule has 0 atom stereocenters. The molecule has 2 N–H and O–H groups in total. The first kappa shape index (κ1) is 12.0. The summed E-state index contributed by atoms with van der Waals surface area (Å²) < 4.78 is 0. The van der Waals surface area contributed by atoms with Crippen LogP contribution in [0.25, 0.3) is 0 Å². The number of nitrogens with zero attached hydrogens (tertiary/aromatic N) is 1. The van der Waals surface area contributed by atoms with Crippen molar-refractivity contribution in [2.45, 2.75) is 24.3 Å². The summed E-state index contributed by atoms with van der Waals surface area (Å²) in [6.45, 7) is 3.42. The lowest BCUT2D eigenvalue weighted by Gasteiger charge is -2.15. The molecule has 0 amide bonds. The van der Waals surface area contributed by atoms with Gasteiger partial charge < -0.3 is 10.2 Å². The van der Waals surface area contributed by atoms with Crippen molar-refractivity contribution in [2.75, 3.05) is 5.75 Å². The Morgan fingerprint density at radius 3 is 2.80 bits per heavy atom. The second-order valence-corrected chi connectivity index (χ2v) is 4.83. The third kappa shape index (κ3) is 4.31. The van der Waals surface area contributed by atoms with Crippen molar-refractivity contribution in [3.63, 3.8) is 0 Å². The van der Waals surface area contributed by atoms with E-state index in [2.05, 4.69) is 4.98 Å². The molecule has 1 heterocycles. The molecule has 0 radical (unpaired) electrons. The fraction of sp³-hybridized carbons (Fsp3) is 0.400. The van der Waals surface area contributed by atoms with Crippen LogP contribution in [0.4, 0.5) is 0 Å². The van der Waals surface area contributed by atoms with Crippen molar-refractivity contribution in [3.8, 4) is 0 Å². The molecule has 1 aromatic rings. The lowest BCUT2D eigenvalue weighted by molar-refractivity contribution is 0.0690. The number of thioether (sulfide) groups is 1. The van der Waals surface area contributed by atoms with Crippen molar-refractivity contribution in [2.24, 2.45) is 0 Å². The highest BCUT2D eigenvalue weighted by Crippen LogP contribution is 2.22. The molecule has 0 unspecified atom stereocenters. The van der Waals surface area contributed by atoms with E-state index in [4.69, 9.17) is 5.11 Å². The van der Waals surface area contributed by atoms with Crippen LogP contribution in [0.3, 0.4) is 0 Å². The summed E-state index contributed by atoms with van der Waals surface area (Å²) in [6.07, 6.45) is 1.45. The van der Waals surface area contributed by atoms with Crippen LogP contribution < -0.4 is 0 Å². The summed E-state index contributed by atoms with van der Waals surface area (Å²) in [4.78, 5) is 15.1. The molecule has 0 saturated heterocycles. The number of carboxylic acids is 1. The molecule has 0 aromatic carbocycles. The van der Waals surface area contributed by atoms with Crippen LogP contribution in [0.5, 0.6) is 0 Å². The van der Waals surface area contributed by atoms with Gasteiger partial charge in [0.1, 0.15) is 5.69 Å². The van der Waals surface area contributed by atoms with E-state index < -0.39 is 11.6 Å². The number of pyridine rings is 1. The second kappa shape index (κ2) is 4.63. The van der Waals surface area contributed by atoms with Gasteiger partial charge in [-0.2, -0.15) is 0 Å². The van der Waals surface area contributed by atoms with E-state index in [1.54, 1.807) is 19.9 Å². The lowest BCUT2D eigenvalue weighted by Crippen LogP contribution is -2.21. The van der Waals surface area contributed by atoms with E-state index in [0.29, 0.717) is 5.75 Å². The number of aromatic nitrogens is 1. The zero-order valence-corrected chi connectivity index (χ0v) is 9.41. The first-order valence-electron chi connectivity index (χ1n) is 4.43. The molecule has 0 bridgehead atoms. The van der Waals surface area contributed by atoms with E-state index in [1.807, 2.05) is 0 Å². The van der Waals surface area contributed by atoms with Crippen LogP contribution in [0.15, 0.2) is 23.2 Å². The van der Waals surface area contributed by atoms with Gasteiger partial charge in [-0.3, -0.25) is 0 Å². The summed E-state index contributed by atoms with van der Waals surface area (Å²) in [5.74, 6) is -0.531. The maximum absolute atomic E-state index is 10.6. The number of carboxylic acid groups (broad SMARTS) is 1. The Kier molecular flexibility index (Phi) is 3.71. The SMILES string of the molecule is CC(C)(O)CSc1ccnc(C(=O)O)c1. The Labute approximate surface area is 92.3 Å². The third-order valence-electron chi connectivity index (χ3n) is 1.54. The van der Waals surface area contributed by atoms with Crippen LogP contribution in [0, 0.1) is 0 Å². The van der Waals surface area contributed by atoms with E-state index >= 15 is 0 Å². The lowest BCUT2D eigenvalue weighted by atomic mass is 10.2. The molecule has 0 saturated carbocycles. The van der Waals surface area contributed by atoms with Crippen molar-refractivity contribution in [1.29, 1.82) is 0 Å². The molecule has 1 aromatic heterocycles. The number of aromatic carboxylic acids is 1. The molecule has 0 aliphatic heterocycles. The van der Waals surface area contributed by atoms with Crippen molar-refractivity contribution < 1.29 is 15.0 Å². The number of hydrogen-bond acceptors (Lipinski definition) is 4. The summed E-state index contributed by atoms with van der Waals surface area (Å²) >= 11 is 1.41. The topological polar surface area (TPSA) is 70.4 Å². The molecule has 0 spiro atoms. The minimum atomic E-state index is -1.04. The minimum absolute atomic E-state index is 0.0238. The van der Waals surface area contributed by atoms with Gasteiger partial charge in [-0.1, -0.05) is 0 Å². The number of carbonyl (C=O) groups is 1. The van der Waals surface area contributed by atoms with Gasteiger partial charge in [0, 0.05) is 16.8 Å². The highest BCUT2D eigenvalue weighted by Gasteiger charge is 2.13. The van der Waals surface area contributed by atoms with Gasteiger partial charge in [0.25, 0.3) is 0 Å². The molecule has 0 fully saturated rings. The van der Waals surface area contributed by atoms with Gasteiger partial charge >= 0.3 is 5.97 Å². The molecule has 0 aliphatic carbocycles. The van der Waals surface area contributed by atoms with Crippen LogP contribution in [-0.2, 0) is 0 Å². The fourth-order valence-corrected chi connectivity index (χ4v) is 1.75. The van der Waals surface area contributed by atoms with Gasteiger partial charge in [-0.25, -0.2) is 9.78 Å². The maximum Gasteiger partial charge on any atom is 0.354 e. The summed E-state index contributed by atoms with van der Waals surface area (Å²) in [6, 6.07) is 3.22. The van der Waals surface area contributed by atoms with Crippen molar-refractivity contribution in [3.05, 3.63) is 24.0 Å². The van der Waals surface area contributed by atoms with Crippen LogP contribution >= 0.6 is 11.8 Å². The highest BCUT2D eigenvalue weighted by atomic mass is 32.2. The third-order valence-corrected chi connectivity index (χ3v) is 2.98. The molecule has 5 heteroatoms. The normalized spacial score (nSPS) is 11.4. The number of hydrogen-bond donors (Lipinski definition) is 2. The summed E-state index contributed by atoms with van der Waals surface area (Å²) in [5.41, 5.74) is -0.743. The average molecular weight is 227 g/mol. The Morgan fingerprint density at radius 1 is 1.60 bits per heavy atom. The highest BCUT2D eigenvalue weighted by molar-refractivity contribution is 7.99. The zero-order chi connectivity index (χ0) is 11.5. The predicted octanol–water partition coefficient (Wildman–Crippen LogP) is 1.64. The standard InChI is InChI=1S/C10H13NO3S/c1-10(2,14)6-15-7-3-4-11-8(5-7)9(12)13/h3-5,14H,6H2,1-2H3,(H,12,13). The first-order valence-corrected chi connectivity index (χ1v) is 5.41. The molecule has 15 heavy (non-hydrogen) atoms. The Bertz CT molecular complexity index is 360. The molecular formula is C10H13NO3S. The van der Waals surface area contributed by atoms with Gasteiger partial charge in [-0.05, 0) is 26.0 Å². The first-order chi connectivity index (χ1) is 6.88. The van der Waals surface area contributed by atoms with Gasteiger partial charge in [0.2, 0.25) is 0 Å². The van der Waals surface area contributed by atoms with Gasteiger partial charge in [0.05, 0.1) is 5.60 Å². The predicted molar refractivity (Wildman–Crippen MR) is 58.2 cm³/mol. The van der Waals surface area contributed by atoms with E-state index in [0.717, 1.165) is 4.90 Å². The quantitative estimate of drug-likeness (QED) is 0.765. The number of rotatable bonds is 4. The van der Waals surface area contributed by atoms with Crippen LogP contribution in [0.1, 0.15) is 24.3 Å². The summed E-state index contributed by atoms with van der Waals surface area (Å²) in [7, 11) is 0. The maximum atomic E-state index is 10.6. The fourth-order valence-electron chi connectivity index (χ4n) is 0.878. The largest absolute Gasteiger partial charge is 0.477 e. The molecule has 82 valence electrons. The Balaban J connectivity index is 2.70. The summed E-state index contributed by atoms with van der Waals surface area (Å²) in [5, 5.41) is 18.2. The van der Waals surface area contributed by atoms with Crippen LogP contribution in [-0.4, -0.2) is 32.5 Å². The van der Waals surface area contributed by atoms with E-state index in [-0.39, 0.29) is 5.69 Å². The van der Waals surface area contributed by atoms with Gasteiger partial charge in [-0.15, -0.1) is 11.8 Å². The smallest absolute Gasteiger partial charge is 0.354 e. The number of aliphatic hydroxyl groups is 1. The minimum Gasteiger partial charge on any atom is -0.477 e. The van der Waals surface area contributed by atoms with Crippen molar-refractivity contribution in [1.82, 2.24) is 4.98 Å². The molecular weight excluding hydrogens is 214 g/mol.